The van der Waals surface area contributed by atoms with Crippen LogP contribution in [0.1, 0.15) is 61.4 Å². The van der Waals surface area contributed by atoms with Crippen LogP contribution >= 0.6 is 11.3 Å². The molecule has 1 rings (SSSR count). The van der Waals surface area contributed by atoms with Gasteiger partial charge in [0.15, 0.2) is 5.69 Å². The number of thiazole rings is 1. The summed E-state index contributed by atoms with van der Waals surface area (Å²) in [5.74, 6) is -0.134. The van der Waals surface area contributed by atoms with Crippen LogP contribution in [0, 0.1) is 12.8 Å². The van der Waals surface area contributed by atoms with E-state index in [1.807, 2.05) is 27.7 Å². The third-order valence-electron chi connectivity index (χ3n) is 3.82. The molecule has 0 aromatic carbocycles. The largest absolute Gasteiger partial charge is 0.464 e. The van der Waals surface area contributed by atoms with Crippen molar-refractivity contribution >= 4 is 23.4 Å². The Morgan fingerprint density at radius 1 is 1.28 bits per heavy atom. The van der Waals surface area contributed by atoms with E-state index in [1.54, 1.807) is 11.9 Å². The van der Waals surface area contributed by atoms with Crippen LogP contribution in [0.3, 0.4) is 0 Å². The Kier molecular flexibility index (Phi) is 7.41. The molecule has 1 amide bonds. The van der Waals surface area contributed by atoms with Gasteiger partial charge in [0.05, 0.1) is 12.1 Å². The molecule has 0 aliphatic carbocycles. The highest BCUT2D eigenvalue weighted by molar-refractivity contribution is 7.11. The molecule has 0 fully saturated rings. The van der Waals surface area contributed by atoms with Crippen molar-refractivity contribution in [2.45, 2.75) is 66.0 Å². The van der Waals surface area contributed by atoms with Gasteiger partial charge in [-0.1, -0.05) is 13.8 Å². The van der Waals surface area contributed by atoms with Gasteiger partial charge in [-0.25, -0.2) is 14.6 Å². The van der Waals surface area contributed by atoms with Gasteiger partial charge in [-0.2, -0.15) is 0 Å². The van der Waals surface area contributed by atoms with E-state index in [4.69, 9.17) is 9.47 Å². The minimum atomic E-state index is -0.519. The number of esters is 1. The second kappa shape index (κ2) is 8.65. The van der Waals surface area contributed by atoms with E-state index in [0.29, 0.717) is 12.1 Å². The first-order valence-electron chi connectivity index (χ1n) is 8.46. The second-order valence-corrected chi connectivity index (χ2v) is 8.73. The Labute approximate surface area is 154 Å². The number of amides is 1. The summed E-state index contributed by atoms with van der Waals surface area (Å²) >= 11 is 1.50. The molecule has 0 aliphatic rings. The number of aryl methyl sites for hydroxylation is 2. The molecular formula is C18H30N2O4S. The van der Waals surface area contributed by atoms with Crippen LogP contribution in [-0.4, -0.2) is 47.7 Å². The molecule has 142 valence electrons. The predicted molar refractivity (Wildman–Crippen MR) is 99.1 cm³/mol. The topological polar surface area (TPSA) is 68.7 Å². The molecule has 0 unspecified atom stereocenters. The normalized spacial score (nSPS) is 12.8. The second-order valence-electron chi connectivity index (χ2n) is 7.45. The third-order valence-corrected chi connectivity index (χ3v) is 4.85. The molecule has 6 nitrogen and oxygen atoms in total. The Balaban J connectivity index is 2.79. The standard InChI is InChI=1S/C18H30N2O4S/c1-11(2)13(20(7)17(22)24-18(4,5)6)9-10-14-19-15(12(3)25-14)16(21)23-8/h11,13H,9-10H2,1-8H3/t13-/m1/s1. The monoisotopic (exact) mass is 370 g/mol. The number of ether oxygens (including phenoxy) is 2. The first-order chi connectivity index (χ1) is 11.5. The van der Waals surface area contributed by atoms with Crippen molar-refractivity contribution in [1.29, 1.82) is 0 Å². The molecule has 1 atom stereocenters. The summed E-state index contributed by atoms with van der Waals surface area (Å²) in [7, 11) is 3.12. The minimum Gasteiger partial charge on any atom is -0.464 e. The van der Waals surface area contributed by atoms with Gasteiger partial charge in [-0.3, -0.25) is 0 Å². The Morgan fingerprint density at radius 3 is 2.36 bits per heavy atom. The van der Waals surface area contributed by atoms with Crippen molar-refractivity contribution in [3.8, 4) is 0 Å². The fourth-order valence-electron chi connectivity index (χ4n) is 2.56. The van der Waals surface area contributed by atoms with E-state index in [-0.39, 0.29) is 18.1 Å². The predicted octanol–water partition coefficient (Wildman–Crippen LogP) is 4.06. The van der Waals surface area contributed by atoms with Gasteiger partial charge in [0.2, 0.25) is 0 Å². The SMILES string of the molecule is COC(=O)c1nc(CC[C@H](C(C)C)N(C)C(=O)OC(C)(C)C)sc1C. The van der Waals surface area contributed by atoms with Crippen molar-refractivity contribution in [3.63, 3.8) is 0 Å². The first-order valence-corrected chi connectivity index (χ1v) is 9.28. The fraction of sp³-hybridized carbons (Fsp3) is 0.722. The average Bonchev–Trinajstić information content (AvgIpc) is 2.85. The maximum absolute atomic E-state index is 12.3. The molecule has 0 radical (unpaired) electrons. The molecule has 1 aromatic rings. The zero-order valence-electron chi connectivity index (χ0n) is 16.5. The van der Waals surface area contributed by atoms with Crippen molar-refractivity contribution in [2.75, 3.05) is 14.2 Å². The quantitative estimate of drug-likeness (QED) is 0.706. The third kappa shape index (κ3) is 6.30. The van der Waals surface area contributed by atoms with Gasteiger partial charge >= 0.3 is 12.1 Å². The zero-order valence-corrected chi connectivity index (χ0v) is 17.3. The van der Waals surface area contributed by atoms with Crippen LogP contribution in [0.25, 0.3) is 0 Å². The highest BCUT2D eigenvalue weighted by Gasteiger charge is 2.27. The Bertz CT molecular complexity index is 605. The Hall–Kier alpha value is -1.63. The molecule has 0 N–H and O–H groups in total. The summed E-state index contributed by atoms with van der Waals surface area (Å²) in [5, 5.41) is 0.876. The number of carbonyl (C=O) groups excluding carboxylic acids is 2. The highest BCUT2D eigenvalue weighted by atomic mass is 32.1. The van der Waals surface area contributed by atoms with Crippen LogP contribution in [0.5, 0.6) is 0 Å². The van der Waals surface area contributed by atoms with Crippen LogP contribution < -0.4 is 0 Å². The highest BCUT2D eigenvalue weighted by Crippen LogP contribution is 2.23. The number of nitrogens with zero attached hydrogens (tertiary/aromatic N) is 2. The summed E-state index contributed by atoms with van der Waals surface area (Å²) in [6, 6.07) is 0.0284. The molecule has 25 heavy (non-hydrogen) atoms. The Morgan fingerprint density at radius 2 is 1.88 bits per heavy atom. The molecule has 0 aliphatic heterocycles. The molecule has 7 heteroatoms. The molecule has 1 aromatic heterocycles. The smallest absolute Gasteiger partial charge is 0.410 e. The first kappa shape index (κ1) is 21.4. The van der Waals surface area contributed by atoms with Crippen LogP contribution in [-0.2, 0) is 15.9 Å². The summed E-state index contributed by atoms with van der Waals surface area (Å²) in [6.45, 7) is 11.6. The van der Waals surface area contributed by atoms with Crippen molar-refractivity contribution in [1.82, 2.24) is 9.88 Å². The van der Waals surface area contributed by atoms with Crippen molar-refractivity contribution in [2.24, 2.45) is 5.92 Å². The lowest BCUT2D eigenvalue weighted by Crippen LogP contribution is -2.43. The van der Waals surface area contributed by atoms with Gasteiger partial charge in [0.25, 0.3) is 0 Å². The summed E-state index contributed by atoms with van der Waals surface area (Å²) in [4.78, 5) is 30.9. The molecule has 0 bridgehead atoms. The van der Waals surface area contributed by atoms with Gasteiger partial charge in [-0.05, 0) is 40.0 Å². The van der Waals surface area contributed by atoms with Crippen LogP contribution in [0.15, 0.2) is 0 Å². The zero-order chi connectivity index (χ0) is 19.4. The van der Waals surface area contributed by atoms with E-state index in [2.05, 4.69) is 18.8 Å². The van der Waals surface area contributed by atoms with Crippen molar-refractivity contribution < 1.29 is 19.1 Å². The van der Waals surface area contributed by atoms with Gasteiger partial charge in [0.1, 0.15) is 5.60 Å². The summed E-state index contributed by atoms with van der Waals surface area (Å²) in [5.41, 5.74) is -0.140. The molecule has 0 saturated carbocycles. The molecular weight excluding hydrogens is 340 g/mol. The fourth-order valence-corrected chi connectivity index (χ4v) is 3.50. The van der Waals surface area contributed by atoms with E-state index in [1.165, 1.54) is 18.4 Å². The summed E-state index contributed by atoms with van der Waals surface area (Å²) in [6.07, 6.45) is 1.12. The van der Waals surface area contributed by atoms with E-state index >= 15 is 0 Å². The van der Waals surface area contributed by atoms with Gasteiger partial charge in [-0.15, -0.1) is 11.3 Å². The number of aromatic nitrogens is 1. The van der Waals surface area contributed by atoms with E-state index < -0.39 is 11.6 Å². The molecule has 0 spiro atoms. The van der Waals surface area contributed by atoms with E-state index in [9.17, 15) is 9.59 Å². The average molecular weight is 371 g/mol. The number of rotatable bonds is 6. The number of carbonyl (C=O) groups is 2. The number of hydrogen-bond donors (Lipinski definition) is 0. The van der Waals surface area contributed by atoms with Gasteiger partial charge in [0, 0.05) is 24.4 Å². The van der Waals surface area contributed by atoms with Crippen molar-refractivity contribution in [3.05, 3.63) is 15.6 Å². The lowest BCUT2D eigenvalue weighted by atomic mass is 9.98. The maximum atomic E-state index is 12.3. The maximum Gasteiger partial charge on any atom is 0.410 e. The van der Waals surface area contributed by atoms with Gasteiger partial charge < -0.3 is 14.4 Å². The van der Waals surface area contributed by atoms with E-state index in [0.717, 1.165) is 16.3 Å². The molecule has 0 saturated heterocycles. The minimum absolute atomic E-state index is 0.0284. The lowest BCUT2D eigenvalue weighted by Gasteiger charge is -2.33. The lowest BCUT2D eigenvalue weighted by molar-refractivity contribution is 0.0170. The number of hydrogen-bond acceptors (Lipinski definition) is 6. The number of methoxy groups -OCH3 is 1. The van der Waals surface area contributed by atoms with Crippen LogP contribution in [0.2, 0.25) is 0 Å². The van der Waals surface area contributed by atoms with Crippen LogP contribution in [0.4, 0.5) is 4.79 Å². The molecule has 1 heterocycles. The summed E-state index contributed by atoms with van der Waals surface area (Å²) < 4.78 is 10.2.